The van der Waals surface area contributed by atoms with Gasteiger partial charge < -0.3 is 9.64 Å². The number of nitrogens with zero attached hydrogens (tertiary/aromatic N) is 2. The zero-order valence-electron chi connectivity index (χ0n) is 12.3. The molecule has 1 amide bonds. The maximum absolute atomic E-state index is 12.5. The first-order valence-electron chi connectivity index (χ1n) is 6.93. The molecule has 2 atom stereocenters. The van der Waals surface area contributed by atoms with Crippen LogP contribution in [0.4, 0.5) is 0 Å². The smallest absolute Gasteiger partial charge is 0.264 e. The van der Waals surface area contributed by atoms with Crippen molar-refractivity contribution in [3.63, 3.8) is 0 Å². The largest absolute Gasteiger partial charge is 0.372 e. The van der Waals surface area contributed by atoms with E-state index in [1.807, 2.05) is 19.9 Å². The molecule has 116 valence electrons. The number of carbonyl (C=O) groups is 1. The number of morpholine rings is 1. The molecule has 2 rings (SSSR count). The van der Waals surface area contributed by atoms with Crippen molar-refractivity contribution < 1.29 is 9.53 Å². The standard InChI is InChI=1S/C16H16Cl2N2O2/c1-10-8-20(9-11(2)22-10)16(21)12(7-19)6-13-14(17)4-3-5-15(13)18/h3-6,10-11H,8-9H2,1-2H3/b12-6+/t10-,11-/m0/s1. The average molecular weight is 339 g/mol. The second-order valence-electron chi connectivity index (χ2n) is 5.27. The maximum Gasteiger partial charge on any atom is 0.264 e. The molecule has 0 aliphatic carbocycles. The zero-order valence-corrected chi connectivity index (χ0v) is 13.9. The van der Waals surface area contributed by atoms with Gasteiger partial charge in [0.1, 0.15) is 11.6 Å². The van der Waals surface area contributed by atoms with E-state index in [-0.39, 0.29) is 23.7 Å². The SMILES string of the molecule is C[C@H]1CN(C(=O)/C(C#N)=C/c2c(Cl)cccc2Cl)C[C@H](C)O1. The van der Waals surface area contributed by atoms with Gasteiger partial charge in [-0.15, -0.1) is 0 Å². The summed E-state index contributed by atoms with van der Waals surface area (Å²) in [4.78, 5) is 14.2. The number of rotatable bonds is 2. The van der Waals surface area contributed by atoms with Gasteiger partial charge in [-0.25, -0.2) is 0 Å². The summed E-state index contributed by atoms with van der Waals surface area (Å²) in [6.45, 7) is 4.71. The third kappa shape index (κ3) is 3.80. The Morgan fingerprint density at radius 2 is 1.86 bits per heavy atom. The Bertz CT molecular complexity index is 622. The molecule has 0 radical (unpaired) electrons. The van der Waals surface area contributed by atoms with E-state index in [1.165, 1.54) is 6.08 Å². The molecule has 22 heavy (non-hydrogen) atoms. The van der Waals surface area contributed by atoms with E-state index in [4.69, 9.17) is 27.9 Å². The summed E-state index contributed by atoms with van der Waals surface area (Å²) in [5.41, 5.74) is 0.487. The predicted octanol–water partition coefficient (Wildman–Crippen LogP) is 3.54. The fourth-order valence-corrected chi connectivity index (χ4v) is 2.96. The van der Waals surface area contributed by atoms with Gasteiger partial charge in [-0.1, -0.05) is 29.3 Å². The first-order chi connectivity index (χ1) is 10.4. The molecule has 1 aromatic rings. The van der Waals surface area contributed by atoms with Crippen LogP contribution < -0.4 is 0 Å². The van der Waals surface area contributed by atoms with Crippen molar-refractivity contribution >= 4 is 35.2 Å². The number of ether oxygens (including phenoxy) is 1. The Morgan fingerprint density at radius 1 is 1.32 bits per heavy atom. The first-order valence-corrected chi connectivity index (χ1v) is 7.68. The minimum absolute atomic E-state index is 0.0105. The van der Waals surface area contributed by atoms with Gasteiger partial charge in [0.2, 0.25) is 0 Å². The fourth-order valence-electron chi connectivity index (χ4n) is 2.45. The average Bonchev–Trinajstić information content (AvgIpc) is 2.45. The summed E-state index contributed by atoms with van der Waals surface area (Å²) in [6.07, 6.45) is 1.32. The van der Waals surface area contributed by atoms with Crippen molar-refractivity contribution in [2.24, 2.45) is 0 Å². The molecule has 1 aliphatic rings. The van der Waals surface area contributed by atoms with Crippen molar-refractivity contribution in [2.75, 3.05) is 13.1 Å². The van der Waals surface area contributed by atoms with Crippen molar-refractivity contribution in [1.82, 2.24) is 4.90 Å². The second-order valence-corrected chi connectivity index (χ2v) is 6.09. The van der Waals surface area contributed by atoms with Crippen LogP contribution in [0.1, 0.15) is 19.4 Å². The predicted molar refractivity (Wildman–Crippen MR) is 86.6 cm³/mol. The molecule has 0 unspecified atom stereocenters. The highest BCUT2D eigenvalue weighted by atomic mass is 35.5. The van der Waals surface area contributed by atoms with Gasteiger partial charge in [-0.2, -0.15) is 5.26 Å². The van der Waals surface area contributed by atoms with Gasteiger partial charge in [0.05, 0.1) is 12.2 Å². The van der Waals surface area contributed by atoms with Gasteiger partial charge in [0.15, 0.2) is 0 Å². The molecule has 1 fully saturated rings. The van der Waals surface area contributed by atoms with E-state index in [0.29, 0.717) is 28.7 Å². The lowest BCUT2D eigenvalue weighted by Crippen LogP contribution is -2.48. The third-order valence-electron chi connectivity index (χ3n) is 3.35. The molecule has 0 spiro atoms. The molecule has 1 heterocycles. The molecule has 0 aromatic heterocycles. The van der Waals surface area contributed by atoms with Crippen molar-refractivity contribution in [3.8, 4) is 6.07 Å². The van der Waals surface area contributed by atoms with Crippen molar-refractivity contribution in [3.05, 3.63) is 39.4 Å². The van der Waals surface area contributed by atoms with Crippen LogP contribution in [-0.2, 0) is 9.53 Å². The molecule has 1 aliphatic heterocycles. The van der Waals surface area contributed by atoms with E-state index in [2.05, 4.69) is 0 Å². The molecule has 6 heteroatoms. The Labute approximate surface area is 139 Å². The number of carbonyl (C=O) groups excluding carboxylic acids is 1. The van der Waals surface area contributed by atoms with Gasteiger partial charge in [-0.3, -0.25) is 4.79 Å². The van der Waals surface area contributed by atoms with Crippen LogP contribution in [-0.4, -0.2) is 36.1 Å². The minimum Gasteiger partial charge on any atom is -0.372 e. The molecule has 0 bridgehead atoms. The number of amides is 1. The summed E-state index contributed by atoms with van der Waals surface area (Å²) < 4.78 is 5.60. The first kappa shape index (κ1) is 16.8. The van der Waals surface area contributed by atoms with E-state index in [0.717, 1.165) is 0 Å². The molecule has 0 N–H and O–H groups in total. The summed E-state index contributed by atoms with van der Waals surface area (Å²) >= 11 is 12.2. The maximum atomic E-state index is 12.5. The van der Waals surface area contributed by atoms with Crippen LogP contribution in [0, 0.1) is 11.3 Å². The topological polar surface area (TPSA) is 53.3 Å². The second kappa shape index (κ2) is 7.15. The van der Waals surface area contributed by atoms with Crippen LogP contribution >= 0.6 is 23.2 Å². The van der Waals surface area contributed by atoms with Crippen LogP contribution in [0.25, 0.3) is 6.08 Å². The third-order valence-corrected chi connectivity index (χ3v) is 4.01. The Balaban J connectivity index is 2.30. The fraction of sp³-hybridized carbons (Fsp3) is 0.375. The zero-order chi connectivity index (χ0) is 16.3. The Hall–Kier alpha value is -1.54. The summed E-state index contributed by atoms with van der Waals surface area (Å²) in [5.74, 6) is -0.333. The molecule has 1 saturated heterocycles. The lowest BCUT2D eigenvalue weighted by atomic mass is 10.1. The lowest BCUT2D eigenvalue weighted by molar-refractivity contribution is -0.138. The van der Waals surface area contributed by atoms with Crippen LogP contribution in [0.15, 0.2) is 23.8 Å². The van der Waals surface area contributed by atoms with Crippen LogP contribution in [0.2, 0.25) is 10.0 Å². The summed E-state index contributed by atoms with van der Waals surface area (Å²) in [5, 5.41) is 10.1. The normalized spacial score (nSPS) is 22.3. The van der Waals surface area contributed by atoms with Crippen molar-refractivity contribution in [1.29, 1.82) is 5.26 Å². The van der Waals surface area contributed by atoms with Gasteiger partial charge in [-0.05, 0) is 32.1 Å². The minimum atomic E-state index is -0.333. The highest BCUT2D eigenvalue weighted by molar-refractivity contribution is 6.37. The Kier molecular flexibility index (Phi) is 5.47. The van der Waals surface area contributed by atoms with Gasteiger partial charge in [0.25, 0.3) is 5.91 Å². The number of benzene rings is 1. The number of nitriles is 1. The van der Waals surface area contributed by atoms with E-state index in [1.54, 1.807) is 23.1 Å². The molecule has 0 saturated carbocycles. The summed E-state index contributed by atoms with van der Waals surface area (Å²) in [6, 6.07) is 6.98. The van der Waals surface area contributed by atoms with E-state index < -0.39 is 0 Å². The lowest BCUT2D eigenvalue weighted by Gasteiger charge is -2.35. The van der Waals surface area contributed by atoms with E-state index in [9.17, 15) is 10.1 Å². The Morgan fingerprint density at radius 3 is 2.36 bits per heavy atom. The number of halogens is 2. The summed E-state index contributed by atoms with van der Waals surface area (Å²) in [7, 11) is 0. The number of hydrogen-bond acceptors (Lipinski definition) is 3. The van der Waals surface area contributed by atoms with Gasteiger partial charge >= 0.3 is 0 Å². The molecular weight excluding hydrogens is 323 g/mol. The van der Waals surface area contributed by atoms with Crippen molar-refractivity contribution in [2.45, 2.75) is 26.1 Å². The quantitative estimate of drug-likeness (QED) is 0.612. The molecule has 4 nitrogen and oxygen atoms in total. The van der Waals surface area contributed by atoms with Crippen LogP contribution in [0.3, 0.4) is 0 Å². The molecule has 1 aromatic carbocycles. The van der Waals surface area contributed by atoms with Gasteiger partial charge in [0, 0.05) is 28.7 Å². The van der Waals surface area contributed by atoms with Crippen LogP contribution in [0.5, 0.6) is 0 Å². The monoisotopic (exact) mass is 338 g/mol. The number of hydrogen-bond donors (Lipinski definition) is 0. The van der Waals surface area contributed by atoms with E-state index >= 15 is 0 Å². The highest BCUT2D eigenvalue weighted by Crippen LogP contribution is 2.27. The highest BCUT2D eigenvalue weighted by Gasteiger charge is 2.28. The molecular formula is C16H16Cl2N2O2.